The van der Waals surface area contributed by atoms with Gasteiger partial charge in [0.1, 0.15) is 6.61 Å². The topological polar surface area (TPSA) is 81.9 Å². The van der Waals surface area contributed by atoms with E-state index >= 15 is 0 Å². The number of nitrogens with zero attached hydrogens (tertiary/aromatic N) is 1. The summed E-state index contributed by atoms with van der Waals surface area (Å²) in [6.45, 7) is 0.433. The van der Waals surface area contributed by atoms with Gasteiger partial charge in [-0.3, -0.25) is 9.59 Å². The molecule has 182 valence electrons. The van der Waals surface area contributed by atoms with Crippen LogP contribution in [-0.2, 0) is 22.6 Å². The highest BCUT2D eigenvalue weighted by molar-refractivity contribution is 5.95. The van der Waals surface area contributed by atoms with Crippen molar-refractivity contribution in [2.24, 2.45) is 11.7 Å². The molecule has 0 spiro atoms. The van der Waals surface area contributed by atoms with Crippen LogP contribution in [0.5, 0.6) is 5.75 Å². The van der Waals surface area contributed by atoms with Crippen molar-refractivity contribution in [3.8, 4) is 5.75 Å². The lowest BCUT2D eigenvalue weighted by Gasteiger charge is -2.47. The SMILES string of the molecule is NC(=O)c1ccc(F)c2c1CC(N(C(=O)C(F)(F)F)C1CC(COCc3ccccc3)C1)CO2. The third-order valence-electron chi connectivity index (χ3n) is 6.28. The minimum absolute atomic E-state index is 0.00710. The van der Waals surface area contributed by atoms with E-state index in [4.69, 9.17) is 15.2 Å². The molecular weight excluding hydrogens is 456 g/mol. The van der Waals surface area contributed by atoms with Crippen molar-refractivity contribution in [1.82, 2.24) is 4.90 Å². The Morgan fingerprint density at radius 3 is 2.44 bits per heavy atom. The van der Waals surface area contributed by atoms with Gasteiger partial charge in [0.2, 0.25) is 5.91 Å². The van der Waals surface area contributed by atoms with Gasteiger partial charge in [-0.05, 0) is 36.5 Å². The molecule has 0 saturated heterocycles. The van der Waals surface area contributed by atoms with Crippen molar-refractivity contribution in [3.05, 3.63) is 65.0 Å². The minimum atomic E-state index is -5.08. The van der Waals surface area contributed by atoms with Crippen LogP contribution in [0.4, 0.5) is 17.6 Å². The lowest BCUT2D eigenvalue weighted by atomic mass is 9.78. The second-order valence-corrected chi connectivity index (χ2v) is 8.64. The molecule has 0 aromatic heterocycles. The Labute approximate surface area is 193 Å². The van der Waals surface area contributed by atoms with E-state index in [0.717, 1.165) is 16.5 Å². The van der Waals surface area contributed by atoms with Gasteiger partial charge in [0.05, 0.1) is 12.6 Å². The van der Waals surface area contributed by atoms with Gasteiger partial charge in [0, 0.05) is 30.2 Å². The molecule has 34 heavy (non-hydrogen) atoms. The maximum atomic E-state index is 14.2. The van der Waals surface area contributed by atoms with Gasteiger partial charge in [0.15, 0.2) is 11.6 Å². The van der Waals surface area contributed by atoms with Crippen molar-refractivity contribution in [2.75, 3.05) is 13.2 Å². The number of rotatable bonds is 7. The molecule has 2 amide bonds. The molecule has 1 aliphatic carbocycles. The van der Waals surface area contributed by atoms with Crippen LogP contribution in [0, 0.1) is 11.7 Å². The Balaban J connectivity index is 1.45. The van der Waals surface area contributed by atoms with Crippen molar-refractivity contribution in [2.45, 2.75) is 44.1 Å². The summed E-state index contributed by atoms with van der Waals surface area (Å²) in [6, 6.07) is 10.00. The third kappa shape index (κ3) is 5.01. The van der Waals surface area contributed by atoms with Crippen molar-refractivity contribution < 1.29 is 36.6 Å². The van der Waals surface area contributed by atoms with E-state index in [2.05, 4.69) is 0 Å². The Kier molecular flexibility index (Phi) is 6.79. The number of halogens is 4. The van der Waals surface area contributed by atoms with E-state index in [0.29, 0.717) is 26.1 Å². The van der Waals surface area contributed by atoms with Gasteiger partial charge in [-0.2, -0.15) is 13.2 Å². The summed E-state index contributed by atoms with van der Waals surface area (Å²) in [5.41, 5.74) is 6.37. The van der Waals surface area contributed by atoms with Crippen LogP contribution in [0.15, 0.2) is 42.5 Å². The first-order valence-corrected chi connectivity index (χ1v) is 10.9. The maximum absolute atomic E-state index is 14.2. The Hall–Kier alpha value is -3.14. The molecule has 4 rings (SSSR count). The van der Waals surface area contributed by atoms with E-state index < -0.39 is 35.9 Å². The van der Waals surface area contributed by atoms with E-state index in [1.807, 2.05) is 30.3 Å². The number of nitrogens with two attached hydrogens (primary N) is 1. The van der Waals surface area contributed by atoms with Gasteiger partial charge in [0.25, 0.3) is 0 Å². The van der Waals surface area contributed by atoms with Crippen molar-refractivity contribution >= 4 is 11.8 Å². The molecule has 1 fully saturated rings. The standard InChI is InChI=1S/C24H24F4N2O4/c25-20-7-6-18(22(29)31)19-10-17(13-34-21(19)20)30(23(32)24(26,27)28)16-8-15(9-16)12-33-11-14-4-2-1-3-5-14/h1-7,15-17H,8-13H2,(H2,29,31). The molecule has 10 heteroatoms. The number of amides is 2. The molecule has 2 aliphatic rings. The van der Waals surface area contributed by atoms with Crippen molar-refractivity contribution in [3.63, 3.8) is 0 Å². The quantitative estimate of drug-likeness (QED) is 0.614. The zero-order valence-electron chi connectivity index (χ0n) is 18.2. The number of fused-ring (bicyclic) bond motifs is 1. The summed E-state index contributed by atoms with van der Waals surface area (Å²) in [7, 11) is 0. The molecule has 1 unspecified atom stereocenters. The first-order valence-electron chi connectivity index (χ1n) is 10.9. The minimum Gasteiger partial charge on any atom is -0.488 e. The molecule has 1 heterocycles. The smallest absolute Gasteiger partial charge is 0.471 e. The molecule has 6 nitrogen and oxygen atoms in total. The lowest BCUT2D eigenvalue weighted by molar-refractivity contribution is -0.195. The van der Waals surface area contributed by atoms with Crippen LogP contribution in [-0.4, -0.2) is 48.2 Å². The first-order chi connectivity index (χ1) is 16.1. The average molecular weight is 480 g/mol. The van der Waals surface area contributed by atoms with E-state index in [1.54, 1.807) is 0 Å². The van der Waals surface area contributed by atoms with Crippen LogP contribution >= 0.6 is 0 Å². The molecule has 1 saturated carbocycles. The largest absolute Gasteiger partial charge is 0.488 e. The van der Waals surface area contributed by atoms with Crippen LogP contribution in [0.2, 0.25) is 0 Å². The number of primary amides is 1. The number of ether oxygens (including phenoxy) is 2. The van der Waals surface area contributed by atoms with Crippen LogP contribution in [0.1, 0.15) is 34.3 Å². The number of carbonyl (C=O) groups is 2. The zero-order chi connectivity index (χ0) is 24.5. The summed E-state index contributed by atoms with van der Waals surface area (Å²) in [5.74, 6) is -3.78. The average Bonchev–Trinajstić information content (AvgIpc) is 2.77. The fourth-order valence-corrected chi connectivity index (χ4v) is 4.60. The summed E-state index contributed by atoms with van der Waals surface area (Å²) in [5, 5.41) is 0. The van der Waals surface area contributed by atoms with Crippen LogP contribution in [0.25, 0.3) is 0 Å². The molecule has 1 atom stereocenters. The first kappa shape index (κ1) is 24.0. The zero-order valence-corrected chi connectivity index (χ0v) is 18.2. The number of hydrogen-bond donors (Lipinski definition) is 1. The molecule has 2 N–H and O–H groups in total. The fourth-order valence-electron chi connectivity index (χ4n) is 4.60. The normalized spacial score (nSPS) is 21.7. The molecule has 0 radical (unpaired) electrons. The second kappa shape index (κ2) is 9.61. The van der Waals surface area contributed by atoms with E-state index in [1.165, 1.54) is 6.07 Å². The van der Waals surface area contributed by atoms with Gasteiger partial charge in [-0.1, -0.05) is 30.3 Å². The fraction of sp³-hybridized carbons (Fsp3) is 0.417. The Morgan fingerprint density at radius 1 is 1.09 bits per heavy atom. The summed E-state index contributed by atoms with van der Waals surface area (Å²) < 4.78 is 65.6. The summed E-state index contributed by atoms with van der Waals surface area (Å²) in [4.78, 5) is 24.9. The summed E-state index contributed by atoms with van der Waals surface area (Å²) in [6.07, 6.45) is -4.57. The molecular formula is C24H24F4N2O4. The molecule has 1 aliphatic heterocycles. The van der Waals surface area contributed by atoms with Gasteiger partial charge >= 0.3 is 12.1 Å². The second-order valence-electron chi connectivity index (χ2n) is 8.64. The molecule has 2 aromatic rings. The Bertz CT molecular complexity index is 1050. The number of benzene rings is 2. The summed E-state index contributed by atoms with van der Waals surface area (Å²) >= 11 is 0. The maximum Gasteiger partial charge on any atom is 0.471 e. The molecule has 0 bridgehead atoms. The van der Waals surface area contributed by atoms with Crippen LogP contribution < -0.4 is 10.5 Å². The van der Waals surface area contributed by atoms with Crippen LogP contribution in [0.3, 0.4) is 0 Å². The predicted molar refractivity (Wildman–Crippen MR) is 113 cm³/mol. The van der Waals surface area contributed by atoms with E-state index in [9.17, 15) is 27.2 Å². The van der Waals surface area contributed by atoms with Gasteiger partial charge in [-0.25, -0.2) is 4.39 Å². The third-order valence-corrected chi connectivity index (χ3v) is 6.28. The Morgan fingerprint density at radius 2 is 1.79 bits per heavy atom. The van der Waals surface area contributed by atoms with Crippen molar-refractivity contribution in [1.29, 1.82) is 0 Å². The monoisotopic (exact) mass is 480 g/mol. The predicted octanol–water partition coefficient (Wildman–Crippen LogP) is 3.61. The lowest BCUT2D eigenvalue weighted by Crippen LogP contribution is -2.59. The van der Waals surface area contributed by atoms with Gasteiger partial charge < -0.3 is 20.1 Å². The number of alkyl halides is 3. The highest BCUT2D eigenvalue weighted by atomic mass is 19.4. The number of carbonyl (C=O) groups excluding carboxylic acids is 2. The highest BCUT2D eigenvalue weighted by Crippen LogP contribution is 2.39. The van der Waals surface area contributed by atoms with Gasteiger partial charge in [-0.15, -0.1) is 0 Å². The number of hydrogen-bond acceptors (Lipinski definition) is 4. The van der Waals surface area contributed by atoms with E-state index in [-0.39, 0.29) is 35.8 Å². The molecule has 2 aromatic carbocycles. The highest BCUT2D eigenvalue weighted by Gasteiger charge is 2.50.